The van der Waals surface area contributed by atoms with Crippen molar-refractivity contribution >= 4 is 32.9 Å². The molecule has 35 heavy (non-hydrogen) atoms. The van der Waals surface area contributed by atoms with Crippen molar-refractivity contribution in [2.24, 2.45) is 0 Å². The maximum Gasteiger partial charge on any atom is 0.239 e. The number of nitrogens with zero attached hydrogens (tertiary/aromatic N) is 3. The molecule has 0 aliphatic heterocycles. The summed E-state index contributed by atoms with van der Waals surface area (Å²) in [6.45, 7) is 1.96. The average Bonchev–Trinajstić information content (AvgIpc) is 3.28. The number of anilines is 3. The number of ether oxygens (including phenoxy) is 1. The van der Waals surface area contributed by atoms with Gasteiger partial charge in [0.05, 0.1) is 19.0 Å². The minimum absolute atomic E-state index is 0.459. The Morgan fingerprint density at radius 2 is 1.91 bits per heavy atom. The van der Waals surface area contributed by atoms with Gasteiger partial charge in [0.25, 0.3) is 0 Å². The number of hydrogen-bond acceptors (Lipinski definition) is 6. The number of rotatable bonds is 7. The van der Waals surface area contributed by atoms with E-state index in [1.165, 1.54) is 0 Å². The highest BCUT2D eigenvalue weighted by atomic mass is 32.2. The number of methoxy groups -OCH3 is 1. The fraction of sp³-hybridized carbons (Fsp3) is 0.154. The summed E-state index contributed by atoms with van der Waals surface area (Å²) < 4.78 is 35.4. The standard InChI is InChI=1S/C26H25N5O3S/c1-18-9-11-23(12-10-18)35(32,33)30-21-7-4-6-20(16-21)28-25-13-14-31-26(29-25)24(17-27-31)19-5-3-8-22(15-19)34-2/h3-11,13-17,23,30H,12H2,1-2H3,(H,28,29). The molecule has 9 heteroatoms. The molecule has 2 aromatic heterocycles. The fourth-order valence-electron chi connectivity index (χ4n) is 3.92. The highest BCUT2D eigenvalue weighted by Crippen LogP contribution is 2.28. The maximum atomic E-state index is 12.8. The van der Waals surface area contributed by atoms with Crippen molar-refractivity contribution in [2.75, 3.05) is 17.1 Å². The molecule has 0 radical (unpaired) electrons. The molecular formula is C26H25N5O3S. The molecule has 2 aromatic carbocycles. The summed E-state index contributed by atoms with van der Waals surface area (Å²) in [7, 11) is -1.93. The Kier molecular flexibility index (Phi) is 6.00. The van der Waals surface area contributed by atoms with Gasteiger partial charge in [-0.2, -0.15) is 5.10 Å². The van der Waals surface area contributed by atoms with E-state index in [-0.39, 0.29) is 0 Å². The van der Waals surface area contributed by atoms with Crippen molar-refractivity contribution in [1.29, 1.82) is 0 Å². The van der Waals surface area contributed by atoms with Crippen LogP contribution in [-0.4, -0.2) is 35.4 Å². The van der Waals surface area contributed by atoms with Crippen LogP contribution in [0.5, 0.6) is 5.75 Å². The van der Waals surface area contributed by atoms with Crippen LogP contribution >= 0.6 is 0 Å². The zero-order valence-electron chi connectivity index (χ0n) is 19.3. The van der Waals surface area contributed by atoms with Crippen LogP contribution in [0.1, 0.15) is 13.3 Å². The van der Waals surface area contributed by atoms with Gasteiger partial charge >= 0.3 is 0 Å². The lowest BCUT2D eigenvalue weighted by Gasteiger charge is -2.17. The minimum atomic E-state index is -3.56. The topological polar surface area (TPSA) is 97.6 Å². The van der Waals surface area contributed by atoms with Crippen LogP contribution in [0, 0.1) is 0 Å². The van der Waals surface area contributed by atoms with Crippen molar-refractivity contribution in [2.45, 2.75) is 18.6 Å². The second-order valence-electron chi connectivity index (χ2n) is 8.31. The molecule has 0 bridgehead atoms. The lowest BCUT2D eigenvalue weighted by molar-refractivity contribution is 0.415. The van der Waals surface area contributed by atoms with Crippen molar-refractivity contribution in [3.05, 3.63) is 90.8 Å². The van der Waals surface area contributed by atoms with Gasteiger partial charge in [-0.25, -0.2) is 17.9 Å². The van der Waals surface area contributed by atoms with Crippen molar-refractivity contribution in [3.8, 4) is 16.9 Å². The highest BCUT2D eigenvalue weighted by molar-refractivity contribution is 7.93. The van der Waals surface area contributed by atoms with Crippen LogP contribution in [0.4, 0.5) is 17.2 Å². The molecule has 0 amide bonds. The number of sulfonamides is 1. The fourth-order valence-corrected chi connectivity index (χ4v) is 5.16. The first-order valence-corrected chi connectivity index (χ1v) is 12.7. The third kappa shape index (κ3) is 4.90. The van der Waals surface area contributed by atoms with Crippen LogP contribution in [0.15, 0.2) is 90.8 Å². The van der Waals surface area contributed by atoms with E-state index < -0.39 is 15.3 Å². The highest BCUT2D eigenvalue weighted by Gasteiger charge is 2.23. The smallest absolute Gasteiger partial charge is 0.239 e. The van der Waals surface area contributed by atoms with Crippen molar-refractivity contribution in [3.63, 3.8) is 0 Å². The molecule has 1 unspecified atom stereocenters. The first-order chi connectivity index (χ1) is 16.9. The second-order valence-corrected chi connectivity index (χ2v) is 10.2. The Bertz CT molecular complexity index is 1560. The molecule has 5 rings (SSSR count). The molecule has 178 valence electrons. The van der Waals surface area contributed by atoms with Gasteiger partial charge in [-0.1, -0.05) is 42.0 Å². The van der Waals surface area contributed by atoms with Gasteiger partial charge in [0.15, 0.2) is 5.65 Å². The van der Waals surface area contributed by atoms with E-state index >= 15 is 0 Å². The molecule has 0 spiro atoms. The number of benzene rings is 2. The van der Waals surface area contributed by atoms with Gasteiger partial charge < -0.3 is 10.1 Å². The van der Waals surface area contributed by atoms with Crippen LogP contribution < -0.4 is 14.8 Å². The second kappa shape index (κ2) is 9.27. The third-order valence-corrected chi connectivity index (χ3v) is 7.46. The Morgan fingerprint density at radius 1 is 1.09 bits per heavy atom. The average molecular weight is 488 g/mol. The SMILES string of the molecule is COc1cccc(-c2cnn3ccc(Nc4cccc(NS(=O)(=O)C5C=CC(C)=CC5)c4)nc23)c1. The summed E-state index contributed by atoms with van der Waals surface area (Å²) in [6, 6.07) is 16.7. The first kappa shape index (κ1) is 22.7. The molecule has 4 aromatic rings. The van der Waals surface area contributed by atoms with Gasteiger partial charge in [-0.15, -0.1) is 0 Å². The summed E-state index contributed by atoms with van der Waals surface area (Å²) in [5.41, 5.74) is 4.77. The van der Waals surface area contributed by atoms with Gasteiger partial charge in [-0.05, 0) is 55.3 Å². The number of aromatic nitrogens is 3. The molecule has 0 saturated heterocycles. The van der Waals surface area contributed by atoms with E-state index in [0.29, 0.717) is 29.3 Å². The first-order valence-electron chi connectivity index (χ1n) is 11.1. The summed E-state index contributed by atoms with van der Waals surface area (Å²) >= 11 is 0. The Labute approximate surface area is 204 Å². The molecule has 1 aliphatic carbocycles. The molecular weight excluding hydrogens is 462 g/mol. The molecule has 0 saturated carbocycles. The Morgan fingerprint density at radius 3 is 2.71 bits per heavy atom. The summed E-state index contributed by atoms with van der Waals surface area (Å²) in [6.07, 6.45) is 9.55. The largest absolute Gasteiger partial charge is 0.497 e. The molecule has 2 heterocycles. The van der Waals surface area contributed by atoms with Gasteiger partial charge in [0.2, 0.25) is 10.0 Å². The van der Waals surface area contributed by atoms with Crippen LogP contribution in [-0.2, 0) is 10.0 Å². The minimum Gasteiger partial charge on any atom is -0.497 e. The molecule has 8 nitrogen and oxygen atoms in total. The van der Waals surface area contributed by atoms with E-state index in [1.807, 2.05) is 61.7 Å². The van der Waals surface area contributed by atoms with Crippen LogP contribution in [0.3, 0.4) is 0 Å². The maximum absolute atomic E-state index is 12.8. The van der Waals surface area contributed by atoms with E-state index in [9.17, 15) is 8.42 Å². The van der Waals surface area contributed by atoms with E-state index in [4.69, 9.17) is 9.72 Å². The Balaban J connectivity index is 1.38. The molecule has 2 N–H and O–H groups in total. The van der Waals surface area contributed by atoms with Crippen LogP contribution in [0.2, 0.25) is 0 Å². The van der Waals surface area contributed by atoms with E-state index in [2.05, 4.69) is 15.1 Å². The van der Waals surface area contributed by atoms with Gasteiger partial charge in [-0.3, -0.25) is 4.72 Å². The monoisotopic (exact) mass is 487 g/mol. The summed E-state index contributed by atoms with van der Waals surface area (Å²) in [5.74, 6) is 1.36. The molecule has 1 atom stereocenters. The predicted molar refractivity (Wildman–Crippen MR) is 139 cm³/mol. The van der Waals surface area contributed by atoms with Gasteiger partial charge in [0, 0.05) is 17.4 Å². The summed E-state index contributed by atoms with van der Waals surface area (Å²) in [5, 5.41) is 7.07. The van der Waals surface area contributed by atoms with Gasteiger partial charge in [0.1, 0.15) is 16.8 Å². The number of fused-ring (bicyclic) bond motifs is 1. The van der Waals surface area contributed by atoms with Crippen molar-refractivity contribution < 1.29 is 13.2 Å². The summed E-state index contributed by atoms with van der Waals surface area (Å²) in [4.78, 5) is 4.74. The quantitative estimate of drug-likeness (QED) is 0.373. The van der Waals surface area contributed by atoms with Crippen LogP contribution in [0.25, 0.3) is 16.8 Å². The molecule has 0 fully saturated rings. The molecule has 1 aliphatic rings. The normalized spacial score (nSPS) is 15.6. The number of nitrogens with one attached hydrogen (secondary N) is 2. The Hall–Kier alpha value is -4.11. The zero-order valence-corrected chi connectivity index (χ0v) is 20.2. The third-order valence-electron chi connectivity index (χ3n) is 5.79. The number of allylic oxidation sites excluding steroid dienone is 3. The zero-order chi connectivity index (χ0) is 24.4. The van der Waals surface area contributed by atoms with E-state index in [0.717, 1.165) is 22.4 Å². The lowest BCUT2D eigenvalue weighted by Crippen LogP contribution is -2.26. The lowest BCUT2D eigenvalue weighted by atomic mass is 10.1. The predicted octanol–water partition coefficient (Wildman–Crippen LogP) is 5.17. The number of hydrogen-bond donors (Lipinski definition) is 2. The van der Waals surface area contributed by atoms with E-state index in [1.54, 1.807) is 42.1 Å². The van der Waals surface area contributed by atoms with Crippen molar-refractivity contribution in [1.82, 2.24) is 14.6 Å².